The zero-order valence-electron chi connectivity index (χ0n) is 14.9. The molecule has 25 heavy (non-hydrogen) atoms. The second kappa shape index (κ2) is 6.45. The van der Waals surface area contributed by atoms with Gasteiger partial charge in [-0.3, -0.25) is 9.88 Å². The minimum absolute atomic E-state index is 0.649. The molecule has 3 heterocycles. The topological polar surface area (TPSA) is 19.4 Å². The highest BCUT2D eigenvalue weighted by Crippen LogP contribution is 2.33. The zero-order chi connectivity index (χ0) is 16.6. The molecule has 0 radical (unpaired) electrons. The highest BCUT2D eigenvalue weighted by Gasteiger charge is 2.35. The van der Waals surface area contributed by atoms with Crippen LogP contribution < -0.4 is 4.90 Å². The summed E-state index contributed by atoms with van der Waals surface area (Å²) in [5, 5.41) is 0. The van der Waals surface area contributed by atoms with Gasteiger partial charge in [-0.25, -0.2) is 0 Å². The Balaban J connectivity index is 1.16. The quantitative estimate of drug-likeness (QED) is 0.855. The number of hydrogen-bond donors (Lipinski definition) is 0. The van der Waals surface area contributed by atoms with Crippen molar-refractivity contribution in [2.24, 2.45) is 0 Å². The summed E-state index contributed by atoms with van der Waals surface area (Å²) in [6.07, 6.45) is 8.42. The van der Waals surface area contributed by atoms with Crippen molar-refractivity contribution in [3.05, 3.63) is 59.4 Å². The van der Waals surface area contributed by atoms with Crippen molar-refractivity contribution < 1.29 is 0 Å². The Morgan fingerprint density at radius 2 is 1.76 bits per heavy atom. The van der Waals surface area contributed by atoms with Crippen molar-refractivity contribution >= 4 is 5.69 Å². The first-order valence-electron chi connectivity index (χ1n) is 9.88. The van der Waals surface area contributed by atoms with E-state index in [2.05, 4.69) is 45.1 Å². The lowest BCUT2D eigenvalue weighted by Crippen LogP contribution is -2.54. The fraction of sp³-hybridized carbons (Fsp3) is 0.500. The van der Waals surface area contributed by atoms with Gasteiger partial charge in [-0.1, -0.05) is 12.1 Å². The molecule has 1 aliphatic carbocycles. The van der Waals surface area contributed by atoms with E-state index < -0.39 is 0 Å². The van der Waals surface area contributed by atoms with E-state index >= 15 is 0 Å². The number of hydrogen-bond acceptors (Lipinski definition) is 3. The molecule has 1 aromatic heterocycles. The summed E-state index contributed by atoms with van der Waals surface area (Å²) in [5.41, 5.74) is 5.91. The second-order valence-corrected chi connectivity index (χ2v) is 7.93. The molecule has 0 amide bonds. The normalized spacial score (nSPS) is 22.0. The van der Waals surface area contributed by atoms with Gasteiger partial charge in [0.1, 0.15) is 0 Å². The maximum Gasteiger partial charge on any atom is 0.0460 e. The van der Waals surface area contributed by atoms with Gasteiger partial charge in [0.05, 0.1) is 0 Å². The van der Waals surface area contributed by atoms with Crippen molar-refractivity contribution in [1.29, 1.82) is 0 Å². The molecular weight excluding hydrogens is 306 g/mol. The number of likely N-dealkylation sites (tertiary alicyclic amines) is 1. The number of anilines is 1. The van der Waals surface area contributed by atoms with Gasteiger partial charge in [-0.15, -0.1) is 0 Å². The third-order valence-corrected chi connectivity index (χ3v) is 6.44. The molecule has 5 rings (SSSR count). The molecule has 2 aliphatic heterocycles. The summed E-state index contributed by atoms with van der Waals surface area (Å²) in [6, 6.07) is 14.3. The van der Waals surface area contributed by atoms with Crippen LogP contribution in [0.4, 0.5) is 5.69 Å². The molecule has 0 N–H and O–H groups in total. The van der Waals surface area contributed by atoms with E-state index in [1.54, 1.807) is 11.1 Å². The summed E-state index contributed by atoms with van der Waals surface area (Å²) in [7, 11) is 0. The van der Waals surface area contributed by atoms with E-state index in [0.717, 1.165) is 6.04 Å². The second-order valence-electron chi connectivity index (χ2n) is 7.93. The van der Waals surface area contributed by atoms with Gasteiger partial charge in [-0.2, -0.15) is 0 Å². The van der Waals surface area contributed by atoms with Crippen LogP contribution >= 0.6 is 0 Å². The average Bonchev–Trinajstić information content (AvgIpc) is 3.10. The molecule has 0 atom stereocenters. The summed E-state index contributed by atoms with van der Waals surface area (Å²) in [5.74, 6) is 0.649. The summed E-state index contributed by atoms with van der Waals surface area (Å²) in [6.45, 7) is 4.80. The molecule has 2 aromatic rings. The van der Waals surface area contributed by atoms with Gasteiger partial charge < -0.3 is 4.90 Å². The van der Waals surface area contributed by atoms with Crippen LogP contribution in [0.1, 0.15) is 42.0 Å². The maximum absolute atomic E-state index is 4.53. The first-order valence-corrected chi connectivity index (χ1v) is 9.88. The molecule has 0 bridgehead atoms. The van der Waals surface area contributed by atoms with Crippen LogP contribution in [-0.4, -0.2) is 42.1 Å². The maximum atomic E-state index is 4.53. The molecule has 0 unspecified atom stereocenters. The lowest BCUT2D eigenvalue weighted by atomic mass is 9.90. The Morgan fingerprint density at radius 3 is 2.56 bits per heavy atom. The number of pyridine rings is 1. The molecule has 3 aliphatic rings. The molecule has 130 valence electrons. The highest BCUT2D eigenvalue weighted by atomic mass is 15.2. The highest BCUT2D eigenvalue weighted by molar-refractivity contribution is 5.52. The van der Waals surface area contributed by atoms with Crippen molar-refractivity contribution in [1.82, 2.24) is 9.88 Å². The van der Waals surface area contributed by atoms with E-state index in [0.29, 0.717) is 5.92 Å². The number of benzene rings is 1. The monoisotopic (exact) mass is 333 g/mol. The zero-order valence-corrected chi connectivity index (χ0v) is 14.9. The summed E-state index contributed by atoms with van der Waals surface area (Å²) in [4.78, 5) is 9.81. The number of rotatable bonds is 3. The van der Waals surface area contributed by atoms with Crippen LogP contribution in [0.25, 0.3) is 0 Å². The Hall–Kier alpha value is -1.87. The van der Waals surface area contributed by atoms with Crippen LogP contribution in [0.5, 0.6) is 0 Å². The fourth-order valence-electron chi connectivity index (χ4n) is 4.86. The van der Waals surface area contributed by atoms with Crippen molar-refractivity contribution in [2.45, 2.75) is 44.1 Å². The van der Waals surface area contributed by atoms with Crippen molar-refractivity contribution in [3.8, 4) is 0 Å². The van der Waals surface area contributed by atoms with Crippen LogP contribution in [0.2, 0.25) is 0 Å². The number of aryl methyl sites for hydroxylation is 2. The SMILES string of the molecule is c1ccc(C2CN(C3CCN(c4ccc5c(c4)CCC5)CC3)C2)nc1. The third kappa shape index (κ3) is 2.95. The smallest absolute Gasteiger partial charge is 0.0460 e. The van der Waals surface area contributed by atoms with Gasteiger partial charge in [0.2, 0.25) is 0 Å². The molecule has 2 saturated heterocycles. The van der Waals surface area contributed by atoms with Crippen molar-refractivity contribution in [2.75, 3.05) is 31.1 Å². The molecular formula is C22H27N3. The minimum atomic E-state index is 0.649. The van der Waals surface area contributed by atoms with Crippen LogP contribution in [0.15, 0.2) is 42.6 Å². The third-order valence-electron chi connectivity index (χ3n) is 6.44. The van der Waals surface area contributed by atoms with Crippen LogP contribution in [-0.2, 0) is 12.8 Å². The van der Waals surface area contributed by atoms with Gasteiger partial charge in [0.25, 0.3) is 0 Å². The molecule has 1 aromatic carbocycles. The van der Waals surface area contributed by atoms with Crippen molar-refractivity contribution in [3.63, 3.8) is 0 Å². The Labute approximate surface area is 150 Å². The van der Waals surface area contributed by atoms with Crippen LogP contribution in [0, 0.1) is 0 Å². The number of nitrogens with zero attached hydrogens (tertiary/aromatic N) is 3. The molecule has 0 spiro atoms. The van der Waals surface area contributed by atoms with Gasteiger partial charge in [0, 0.05) is 55.7 Å². The lowest BCUT2D eigenvalue weighted by Gasteiger charge is -2.47. The summed E-state index contributed by atoms with van der Waals surface area (Å²) < 4.78 is 0. The van der Waals surface area contributed by atoms with Gasteiger partial charge in [0.15, 0.2) is 0 Å². The average molecular weight is 333 g/mol. The lowest BCUT2D eigenvalue weighted by molar-refractivity contribution is 0.0750. The van der Waals surface area contributed by atoms with E-state index in [1.165, 1.54) is 69.7 Å². The Bertz CT molecular complexity index is 728. The standard InChI is InChI=1S/C22H27N3/c1-2-11-23-22(6-1)19-15-25(16-19)20-9-12-24(13-10-20)21-8-7-17-4-3-5-18(17)14-21/h1-2,6-8,11,14,19-20H,3-5,9-10,12-13,15-16H2. The Morgan fingerprint density at radius 1 is 0.920 bits per heavy atom. The molecule has 2 fully saturated rings. The minimum Gasteiger partial charge on any atom is -0.371 e. The van der Waals surface area contributed by atoms with E-state index in [4.69, 9.17) is 0 Å². The molecule has 0 saturated carbocycles. The molecule has 3 heteroatoms. The Kier molecular flexibility index (Phi) is 3.97. The van der Waals surface area contributed by atoms with E-state index in [1.807, 2.05) is 12.3 Å². The van der Waals surface area contributed by atoms with E-state index in [9.17, 15) is 0 Å². The first kappa shape index (κ1) is 15.4. The summed E-state index contributed by atoms with van der Waals surface area (Å²) >= 11 is 0. The number of fused-ring (bicyclic) bond motifs is 1. The van der Waals surface area contributed by atoms with Crippen LogP contribution in [0.3, 0.4) is 0 Å². The largest absolute Gasteiger partial charge is 0.371 e. The van der Waals surface area contributed by atoms with E-state index in [-0.39, 0.29) is 0 Å². The first-order chi connectivity index (χ1) is 12.4. The number of piperidine rings is 1. The number of aromatic nitrogens is 1. The van der Waals surface area contributed by atoms with Gasteiger partial charge in [-0.05, 0) is 67.5 Å². The predicted molar refractivity (Wildman–Crippen MR) is 102 cm³/mol. The van der Waals surface area contributed by atoms with Gasteiger partial charge >= 0.3 is 0 Å². The molecule has 3 nitrogen and oxygen atoms in total. The predicted octanol–water partition coefficient (Wildman–Crippen LogP) is 3.64. The fourth-order valence-corrected chi connectivity index (χ4v) is 4.86.